The Hall–Kier alpha value is -1.85. The van der Waals surface area contributed by atoms with E-state index in [1.807, 2.05) is 0 Å². The highest BCUT2D eigenvalue weighted by atomic mass is 19.1. The van der Waals surface area contributed by atoms with Gasteiger partial charge in [0, 0.05) is 12.2 Å². The number of aliphatic imine (C=N–C) groups is 1. The maximum atomic E-state index is 13.1. The third-order valence-electron chi connectivity index (χ3n) is 2.27. The summed E-state index contributed by atoms with van der Waals surface area (Å²) in [6, 6.07) is 3.29. The van der Waals surface area contributed by atoms with Crippen LogP contribution in [0.25, 0.3) is 0 Å². The molecule has 6 heteroatoms. The minimum atomic E-state index is -0.472. The third kappa shape index (κ3) is 3.90. The molecule has 0 unspecified atom stereocenters. The van der Waals surface area contributed by atoms with Crippen molar-refractivity contribution in [3.63, 3.8) is 0 Å². The molecule has 0 saturated heterocycles. The lowest BCUT2D eigenvalue weighted by molar-refractivity contribution is 0.298. The number of hydrogen-bond donors (Lipinski definition) is 2. The van der Waals surface area contributed by atoms with Crippen molar-refractivity contribution in [2.45, 2.75) is 18.9 Å². The van der Waals surface area contributed by atoms with Crippen molar-refractivity contribution in [1.29, 1.82) is 0 Å². The average molecular weight is 238 g/mol. The van der Waals surface area contributed by atoms with Gasteiger partial charge in [0.05, 0.1) is 6.54 Å². The zero-order chi connectivity index (χ0) is 12.1. The van der Waals surface area contributed by atoms with Gasteiger partial charge >= 0.3 is 0 Å². The number of aromatic nitrogens is 1. The van der Waals surface area contributed by atoms with E-state index in [-0.39, 0.29) is 12.5 Å². The molecule has 17 heavy (non-hydrogen) atoms. The van der Waals surface area contributed by atoms with Crippen LogP contribution in [0.3, 0.4) is 0 Å². The molecule has 92 valence electrons. The van der Waals surface area contributed by atoms with E-state index in [1.165, 1.54) is 18.3 Å². The maximum Gasteiger partial charge on any atom is 0.250 e. The quantitative estimate of drug-likeness (QED) is 0.449. The van der Waals surface area contributed by atoms with Gasteiger partial charge in [-0.25, -0.2) is 14.4 Å². The smallest absolute Gasteiger partial charge is 0.250 e. The zero-order valence-corrected chi connectivity index (χ0v) is 9.40. The van der Waals surface area contributed by atoms with Crippen LogP contribution in [0.2, 0.25) is 0 Å². The van der Waals surface area contributed by atoms with Crippen LogP contribution in [0.5, 0.6) is 5.88 Å². The lowest BCUT2D eigenvalue weighted by atomic mass is 10.5. The van der Waals surface area contributed by atoms with Crippen molar-refractivity contribution >= 4 is 5.96 Å². The lowest BCUT2D eigenvalue weighted by Gasteiger charge is -2.05. The molecule has 1 fully saturated rings. The molecular formula is C11H15FN4O. The number of nitrogens with zero attached hydrogens (tertiary/aromatic N) is 2. The average Bonchev–Trinajstić information content (AvgIpc) is 3.10. The molecule has 0 aromatic carbocycles. The van der Waals surface area contributed by atoms with Crippen LogP contribution in [-0.2, 0) is 0 Å². The molecular weight excluding hydrogens is 223 g/mol. The van der Waals surface area contributed by atoms with E-state index < -0.39 is 5.82 Å². The first-order valence-electron chi connectivity index (χ1n) is 5.55. The first kappa shape index (κ1) is 11.6. The van der Waals surface area contributed by atoms with Gasteiger partial charge in [-0.05, 0) is 25.0 Å². The van der Waals surface area contributed by atoms with Crippen molar-refractivity contribution in [1.82, 2.24) is 10.3 Å². The molecule has 0 amide bonds. The summed E-state index contributed by atoms with van der Waals surface area (Å²) in [5.41, 5.74) is 5.62. The Kier molecular flexibility index (Phi) is 3.74. The first-order chi connectivity index (χ1) is 8.25. The Balaban J connectivity index is 1.70. The van der Waals surface area contributed by atoms with E-state index in [2.05, 4.69) is 15.3 Å². The van der Waals surface area contributed by atoms with Crippen LogP contribution in [0.15, 0.2) is 23.3 Å². The van der Waals surface area contributed by atoms with Crippen molar-refractivity contribution < 1.29 is 9.13 Å². The molecule has 1 saturated carbocycles. The van der Waals surface area contributed by atoms with Crippen molar-refractivity contribution in [2.24, 2.45) is 10.7 Å². The van der Waals surface area contributed by atoms with Crippen LogP contribution in [0.1, 0.15) is 12.8 Å². The van der Waals surface area contributed by atoms with Crippen LogP contribution in [-0.4, -0.2) is 30.1 Å². The van der Waals surface area contributed by atoms with E-state index in [0.717, 1.165) is 12.8 Å². The number of rotatable bonds is 5. The van der Waals surface area contributed by atoms with Gasteiger partial charge in [0.25, 0.3) is 0 Å². The number of pyridine rings is 1. The van der Waals surface area contributed by atoms with Crippen molar-refractivity contribution in [2.75, 3.05) is 13.2 Å². The Labute approximate surface area is 98.9 Å². The number of nitrogens with two attached hydrogens (primary N) is 1. The van der Waals surface area contributed by atoms with Gasteiger partial charge < -0.3 is 15.8 Å². The fourth-order valence-corrected chi connectivity index (χ4v) is 1.27. The van der Waals surface area contributed by atoms with E-state index in [9.17, 15) is 4.39 Å². The Morgan fingerprint density at radius 3 is 3.18 bits per heavy atom. The Morgan fingerprint density at radius 1 is 1.65 bits per heavy atom. The summed E-state index contributed by atoms with van der Waals surface area (Å²) in [5, 5.41) is 3.05. The van der Waals surface area contributed by atoms with E-state index in [4.69, 9.17) is 10.5 Å². The summed E-state index contributed by atoms with van der Waals surface area (Å²) < 4.78 is 18.2. The largest absolute Gasteiger partial charge is 0.474 e. The molecule has 1 aliphatic carbocycles. The van der Waals surface area contributed by atoms with Gasteiger partial charge in [0.1, 0.15) is 6.61 Å². The van der Waals surface area contributed by atoms with Crippen molar-refractivity contribution in [3.05, 3.63) is 24.1 Å². The zero-order valence-electron chi connectivity index (χ0n) is 9.40. The lowest BCUT2D eigenvalue weighted by Crippen LogP contribution is -2.33. The summed E-state index contributed by atoms with van der Waals surface area (Å²) >= 11 is 0. The number of ether oxygens (including phenoxy) is 1. The standard InChI is InChI=1S/C11H15FN4O/c12-9-2-1-5-14-10(9)17-7-6-15-11(13)16-8-3-4-8/h1-2,5,8H,3-4,6-7H2,(H3,13,15,16). The fraction of sp³-hybridized carbons (Fsp3) is 0.455. The second kappa shape index (κ2) is 5.47. The molecule has 0 atom stereocenters. The molecule has 0 bridgehead atoms. The summed E-state index contributed by atoms with van der Waals surface area (Å²) in [6.45, 7) is 0.628. The molecule has 0 spiro atoms. The van der Waals surface area contributed by atoms with E-state index >= 15 is 0 Å². The van der Waals surface area contributed by atoms with E-state index in [0.29, 0.717) is 18.5 Å². The van der Waals surface area contributed by atoms with Gasteiger partial charge in [-0.15, -0.1) is 0 Å². The predicted octanol–water partition coefficient (Wildman–Crippen LogP) is 0.666. The van der Waals surface area contributed by atoms with Gasteiger partial charge in [-0.1, -0.05) is 0 Å². The van der Waals surface area contributed by atoms with E-state index in [1.54, 1.807) is 0 Å². The second-order valence-corrected chi connectivity index (χ2v) is 3.82. The van der Waals surface area contributed by atoms with Crippen LogP contribution < -0.4 is 15.8 Å². The summed E-state index contributed by atoms with van der Waals surface area (Å²) in [6.07, 6.45) is 3.77. The van der Waals surface area contributed by atoms with Crippen molar-refractivity contribution in [3.8, 4) is 5.88 Å². The maximum absolute atomic E-state index is 13.1. The summed E-state index contributed by atoms with van der Waals surface area (Å²) in [4.78, 5) is 7.82. The predicted molar refractivity (Wildman–Crippen MR) is 62.3 cm³/mol. The summed E-state index contributed by atoms with van der Waals surface area (Å²) in [5.74, 6) is -0.0606. The third-order valence-corrected chi connectivity index (χ3v) is 2.27. The highest BCUT2D eigenvalue weighted by molar-refractivity contribution is 5.78. The molecule has 2 rings (SSSR count). The molecule has 0 aliphatic heterocycles. The highest BCUT2D eigenvalue weighted by Gasteiger charge is 2.21. The highest BCUT2D eigenvalue weighted by Crippen LogP contribution is 2.17. The van der Waals surface area contributed by atoms with Crippen LogP contribution in [0, 0.1) is 5.82 Å². The Morgan fingerprint density at radius 2 is 2.47 bits per heavy atom. The molecule has 1 aliphatic rings. The summed E-state index contributed by atoms with van der Waals surface area (Å²) in [7, 11) is 0. The van der Waals surface area contributed by atoms with Crippen LogP contribution in [0.4, 0.5) is 4.39 Å². The number of halogens is 1. The normalized spacial score (nSPS) is 15.7. The van der Waals surface area contributed by atoms with Gasteiger partial charge in [0.2, 0.25) is 5.88 Å². The monoisotopic (exact) mass is 238 g/mol. The molecule has 0 radical (unpaired) electrons. The minimum Gasteiger partial charge on any atom is -0.474 e. The SMILES string of the molecule is NC(=NCCOc1ncccc1F)NC1CC1. The molecule has 3 N–H and O–H groups in total. The second-order valence-electron chi connectivity index (χ2n) is 3.82. The number of hydrogen-bond acceptors (Lipinski definition) is 3. The number of guanidine groups is 1. The van der Waals surface area contributed by atoms with Crippen LogP contribution >= 0.6 is 0 Å². The number of nitrogens with one attached hydrogen (secondary N) is 1. The van der Waals surface area contributed by atoms with Gasteiger partial charge in [0.15, 0.2) is 11.8 Å². The first-order valence-corrected chi connectivity index (χ1v) is 5.55. The fourth-order valence-electron chi connectivity index (χ4n) is 1.27. The van der Waals surface area contributed by atoms with Gasteiger partial charge in [-0.2, -0.15) is 0 Å². The minimum absolute atomic E-state index is 0.00331. The molecule has 5 nitrogen and oxygen atoms in total. The molecule has 1 aromatic heterocycles. The Bertz CT molecular complexity index is 406. The topological polar surface area (TPSA) is 72.5 Å². The van der Waals surface area contributed by atoms with Gasteiger partial charge in [-0.3, -0.25) is 0 Å². The molecule has 1 aromatic rings. The molecule has 1 heterocycles.